The number of hydrogen-bond donors (Lipinski definition) is 0. The summed E-state index contributed by atoms with van der Waals surface area (Å²) in [5.74, 6) is 4.88. The van der Waals surface area contributed by atoms with Gasteiger partial charge in [-0.15, -0.1) is 0 Å². The van der Waals surface area contributed by atoms with E-state index in [-0.39, 0.29) is 0 Å². The van der Waals surface area contributed by atoms with Crippen molar-refractivity contribution in [2.75, 3.05) is 25.4 Å². The Balaban J connectivity index is 1.59. The highest BCUT2D eigenvalue weighted by atomic mass is 32.2. The molecule has 4 rings (SSSR count). The first-order valence-electron chi connectivity index (χ1n) is 11.9. The van der Waals surface area contributed by atoms with Gasteiger partial charge in [-0.3, -0.25) is 0 Å². The molecule has 1 fully saturated rings. The lowest BCUT2D eigenvalue weighted by Crippen LogP contribution is -2.36. The smallest absolute Gasteiger partial charge is 0.140 e. The van der Waals surface area contributed by atoms with Gasteiger partial charge in [-0.05, 0) is 109 Å². The van der Waals surface area contributed by atoms with Gasteiger partial charge in [-0.1, -0.05) is 25.0 Å². The van der Waals surface area contributed by atoms with E-state index in [4.69, 9.17) is 12.5 Å². The lowest BCUT2D eigenvalue weighted by atomic mass is 9.59. The zero-order valence-corrected chi connectivity index (χ0v) is 22.0. The fourth-order valence-corrected chi connectivity index (χ4v) is 6.94. The van der Waals surface area contributed by atoms with Gasteiger partial charge in [0.15, 0.2) is 0 Å². The third kappa shape index (κ3) is 5.68. The van der Waals surface area contributed by atoms with E-state index in [1.54, 1.807) is 11.1 Å². The molecule has 0 heterocycles. The molecule has 3 aliphatic carbocycles. The Kier molecular flexibility index (Phi) is 9.27. The molecule has 0 N–H and O–H groups in total. The molecule has 32 heavy (non-hydrogen) atoms. The summed E-state index contributed by atoms with van der Waals surface area (Å²) in [6, 6.07) is 4.87. The summed E-state index contributed by atoms with van der Waals surface area (Å²) >= 11 is 4.33. The van der Waals surface area contributed by atoms with Gasteiger partial charge in [0.25, 0.3) is 0 Å². The Labute approximate surface area is 207 Å². The van der Waals surface area contributed by atoms with Gasteiger partial charge in [0, 0.05) is 18.8 Å². The largest absolute Gasteiger partial charge is 0.426 e. The Morgan fingerprint density at radius 1 is 0.969 bits per heavy atom. The van der Waals surface area contributed by atoms with Crippen LogP contribution in [0.3, 0.4) is 0 Å². The molecule has 1 unspecified atom stereocenters. The quantitative estimate of drug-likeness (QED) is 0.245. The Morgan fingerprint density at radius 2 is 1.81 bits per heavy atom. The zero-order chi connectivity index (χ0) is 22.3. The molecule has 1 aromatic rings. The third-order valence-corrected chi connectivity index (χ3v) is 8.45. The second-order valence-corrected chi connectivity index (χ2v) is 10.6. The summed E-state index contributed by atoms with van der Waals surface area (Å²) in [6.45, 7) is 0.782. The van der Waals surface area contributed by atoms with Gasteiger partial charge in [0.05, 0.1) is 30.7 Å². The summed E-state index contributed by atoms with van der Waals surface area (Å²) in [5, 5.41) is 0. The molecule has 0 radical (unpaired) electrons. The van der Waals surface area contributed by atoms with Crippen molar-refractivity contribution in [2.45, 2.75) is 57.3 Å². The average Bonchev–Trinajstić information content (AvgIpc) is 2.82. The average molecular weight is 493 g/mol. The highest BCUT2D eigenvalue weighted by Crippen LogP contribution is 2.52. The maximum atomic E-state index is 6.05. The molecule has 6 heteroatoms. The molecule has 3 aliphatic rings. The second kappa shape index (κ2) is 12.1. The topological polar surface area (TPSA) is 27.7 Å². The summed E-state index contributed by atoms with van der Waals surface area (Å²) in [6.07, 6.45) is 22.6. The predicted molar refractivity (Wildman–Crippen MR) is 140 cm³/mol. The van der Waals surface area contributed by atoms with E-state index in [0.29, 0.717) is 11.8 Å². The second-order valence-electron chi connectivity index (χ2n) is 9.04. The van der Waals surface area contributed by atoms with Gasteiger partial charge in [0.2, 0.25) is 0 Å². The van der Waals surface area contributed by atoms with Gasteiger partial charge >= 0.3 is 0 Å². The SMILES string of the molecule is CSOCCCc1cc2c(cc1OSC)[C@@H]1CCCC[C@@H]1[C@H](C1C=CC(OSC)=CC1)C2. The molecule has 4 atom stereocenters. The Morgan fingerprint density at radius 3 is 2.56 bits per heavy atom. The summed E-state index contributed by atoms with van der Waals surface area (Å²) < 4.78 is 17.2. The summed E-state index contributed by atoms with van der Waals surface area (Å²) in [5.41, 5.74) is 4.47. The van der Waals surface area contributed by atoms with E-state index in [9.17, 15) is 0 Å². The van der Waals surface area contributed by atoms with Crippen LogP contribution in [0, 0.1) is 17.8 Å². The molecule has 176 valence electrons. The molecule has 0 bridgehead atoms. The van der Waals surface area contributed by atoms with E-state index < -0.39 is 0 Å². The fraction of sp³-hybridized carbons (Fsp3) is 0.615. The minimum Gasteiger partial charge on any atom is -0.426 e. The molecule has 0 amide bonds. The van der Waals surface area contributed by atoms with Crippen molar-refractivity contribution in [3.8, 4) is 5.75 Å². The van der Waals surface area contributed by atoms with Crippen molar-refractivity contribution in [2.24, 2.45) is 17.8 Å². The predicted octanol–water partition coefficient (Wildman–Crippen LogP) is 7.77. The number of rotatable bonds is 10. The molecular formula is C26H36O3S3. The number of aryl methyl sites for hydroxylation is 1. The standard InChI is InChI=1S/C26H36O3S3/c1-30-27-14-6-7-19-15-20-16-24(18-10-12-21(13-11-18)28-31-2)22-8-4-5-9-23(22)25(20)17-26(19)29-32-3/h10,12-13,15,17-18,22-24H,4-9,11,14,16H2,1-3H3/t18?,22-,23+,24-/m0/s1. The molecule has 0 aliphatic heterocycles. The molecule has 0 spiro atoms. The van der Waals surface area contributed by atoms with E-state index in [1.807, 2.05) is 18.8 Å². The fourth-order valence-electron chi connectivity index (χ4n) is 6.01. The van der Waals surface area contributed by atoms with Crippen LogP contribution >= 0.6 is 36.1 Å². The van der Waals surface area contributed by atoms with E-state index in [0.717, 1.165) is 49.2 Å². The number of allylic oxidation sites excluding steroid dienone is 3. The van der Waals surface area contributed by atoms with Crippen LogP contribution in [-0.2, 0) is 21.2 Å². The van der Waals surface area contributed by atoms with E-state index in [2.05, 4.69) is 30.4 Å². The van der Waals surface area contributed by atoms with Gasteiger partial charge in [0.1, 0.15) is 11.5 Å². The van der Waals surface area contributed by atoms with Crippen LogP contribution < -0.4 is 4.18 Å². The van der Waals surface area contributed by atoms with Gasteiger partial charge in [-0.2, -0.15) is 0 Å². The van der Waals surface area contributed by atoms with Crippen LogP contribution in [0.5, 0.6) is 5.75 Å². The normalized spacial score (nSPS) is 26.8. The monoisotopic (exact) mass is 492 g/mol. The summed E-state index contributed by atoms with van der Waals surface area (Å²) in [7, 11) is 0. The van der Waals surface area contributed by atoms with Crippen LogP contribution in [-0.4, -0.2) is 25.4 Å². The van der Waals surface area contributed by atoms with E-state index in [1.165, 1.54) is 73.8 Å². The van der Waals surface area contributed by atoms with Crippen LogP contribution in [0.25, 0.3) is 0 Å². The third-order valence-electron chi connectivity index (χ3n) is 7.34. The number of benzene rings is 1. The van der Waals surface area contributed by atoms with Crippen LogP contribution in [0.4, 0.5) is 0 Å². The lowest BCUT2D eigenvalue weighted by Gasteiger charge is -2.45. The first kappa shape index (κ1) is 24.4. The first-order valence-corrected chi connectivity index (χ1v) is 15.3. The van der Waals surface area contributed by atoms with Gasteiger partial charge < -0.3 is 12.5 Å². The molecule has 3 nitrogen and oxygen atoms in total. The minimum absolute atomic E-state index is 0.614. The van der Waals surface area contributed by atoms with Crippen molar-refractivity contribution in [3.05, 3.63) is 52.8 Å². The van der Waals surface area contributed by atoms with Crippen LogP contribution in [0.2, 0.25) is 0 Å². The van der Waals surface area contributed by atoms with Crippen molar-refractivity contribution in [1.82, 2.24) is 0 Å². The minimum atomic E-state index is 0.614. The van der Waals surface area contributed by atoms with Gasteiger partial charge in [-0.25, -0.2) is 0 Å². The molecule has 1 aromatic carbocycles. The maximum Gasteiger partial charge on any atom is 0.140 e. The molecular weight excluding hydrogens is 456 g/mol. The van der Waals surface area contributed by atoms with Crippen molar-refractivity contribution >= 4 is 36.1 Å². The highest BCUT2D eigenvalue weighted by Gasteiger charge is 2.41. The number of hydrogen-bond acceptors (Lipinski definition) is 6. The van der Waals surface area contributed by atoms with Crippen molar-refractivity contribution in [3.63, 3.8) is 0 Å². The van der Waals surface area contributed by atoms with E-state index >= 15 is 0 Å². The zero-order valence-electron chi connectivity index (χ0n) is 19.5. The molecule has 0 aromatic heterocycles. The van der Waals surface area contributed by atoms with Crippen molar-refractivity contribution < 1.29 is 12.5 Å². The highest BCUT2D eigenvalue weighted by molar-refractivity contribution is 7.94. The molecule has 0 saturated heterocycles. The van der Waals surface area contributed by atoms with Crippen LogP contribution in [0.1, 0.15) is 61.1 Å². The Hall–Kier alpha value is -0.690. The summed E-state index contributed by atoms with van der Waals surface area (Å²) in [4.78, 5) is 0. The first-order chi connectivity index (χ1) is 15.7. The Bertz CT molecular complexity index is 823. The van der Waals surface area contributed by atoms with Crippen LogP contribution in [0.15, 0.2) is 36.1 Å². The maximum absolute atomic E-state index is 6.05. The lowest BCUT2D eigenvalue weighted by molar-refractivity contribution is 0.156. The molecule has 1 saturated carbocycles. The number of fused-ring (bicyclic) bond motifs is 3. The van der Waals surface area contributed by atoms with Crippen molar-refractivity contribution in [1.29, 1.82) is 0 Å².